The number of Topliss-reactive ketones (excluding diaryl/α,β-unsaturated/α-hetero) is 1. The number of carbonyl (C=O) groups excluding carboxylic acids is 2. The second kappa shape index (κ2) is 4.97. The molecule has 2 aromatic carbocycles. The Labute approximate surface area is 125 Å². The molecular formula is C16H11ClFNO2. The summed E-state index contributed by atoms with van der Waals surface area (Å²) in [5.41, 5.74) is 2.32. The maximum atomic E-state index is 13.4. The van der Waals surface area contributed by atoms with Crippen LogP contribution in [-0.4, -0.2) is 11.7 Å². The molecule has 0 N–H and O–H groups in total. The standard InChI is InChI=1S/C16H11ClFNO2/c1-9-2-4-12(18)6-10(9)8-19-14-7-11(17)3-5-13(14)15(20)16(19)21/h2-7H,8H2,1H3. The van der Waals surface area contributed by atoms with Crippen LogP contribution in [0.1, 0.15) is 21.5 Å². The Kier molecular flexibility index (Phi) is 3.26. The number of anilines is 1. The molecule has 106 valence electrons. The van der Waals surface area contributed by atoms with Crippen LogP contribution in [0.2, 0.25) is 5.02 Å². The molecule has 1 heterocycles. The molecule has 2 aromatic rings. The number of carbonyl (C=O) groups is 2. The summed E-state index contributed by atoms with van der Waals surface area (Å²) in [5.74, 6) is -1.55. The van der Waals surface area contributed by atoms with Crippen molar-refractivity contribution in [1.29, 1.82) is 0 Å². The van der Waals surface area contributed by atoms with Gasteiger partial charge in [-0.1, -0.05) is 17.7 Å². The van der Waals surface area contributed by atoms with Gasteiger partial charge in [-0.05, 0) is 48.4 Å². The predicted octanol–water partition coefficient (Wildman–Crippen LogP) is 3.52. The van der Waals surface area contributed by atoms with Gasteiger partial charge in [-0.15, -0.1) is 0 Å². The zero-order valence-electron chi connectivity index (χ0n) is 11.2. The van der Waals surface area contributed by atoms with Gasteiger partial charge >= 0.3 is 0 Å². The fourth-order valence-corrected chi connectivity index (χ4v) is 2.57. The van der Waals surface area contributed by atoms with Gasteiger partial charge in [0, 0.05) is 5.02 Å². The molecule has 0 radical (unpaired) electrons. The van der Waals surface area contributed by atoms with Crippen molar-refractivity contribution < 1.29 is 14.0 Å². The molecule has 0 unspecified atom stereocenters. The minimum Gasteiger partial charge on any atom is -0.300 e. The first-order valence-corrected chi connectivity index (χ1v) is 6.76. The van der Waals surface area contributed by atoms with E-state index in [1.54, 1.807) is 18.2 Å². The number of amides is 1. The zero-order valence-corrected chi connectivity index (χ0v) is 11.9. The van der Waals surface area contributed by atoms with Crippen molar-refractivity contribution in [3.8, 4) is 0 Å². The number of hydrogen-bond acceptors (Lipinski definition) is 2. The monoisotopic (exact) mass is 303 g/mol. The quantitative estimate of drug-likeness (QED) is 0.796. The van der Waals surface area contributed by atoms with Crippen LogP contribution >= 0.6 is 11.6 Å². The van der Waals surface area contributed by atoms with Gasteiger partial charge in [0.05, 0.1) is 17.8 Å². The third-order valence-corrected chi connectivity index (χ3v) is 3.81. The Morgan fingerprint density at radius 3 is 2.67 bits per heavy atom. The van der Waals surface area contributed by atoms with Crippen molar-refractivity contribution >= 4 is 29.0 Å². The highest BCUT2D eigenvalue weighted by atomic mass is 35.5. The van der Waals surface area contributed by atoms with Crippen LogP contribution in [0.4, 0.5) is 10.1 Å². The summed E-state index contributed by atoms with van der Waals surface area (Å²) < 4.78 is 13.4. The van der Waals surface area contributed by atoms with Gasteiger partial charge in [0.15, 0.2) is 0 Å². The van der Waals surface area contributed by atoms with Crippen molar-refractivity contribution in [3.63, 3.8) is 0 Å². The summed E-state index contributed by atoms with van der Waals surface area (Å²) in [7, 11) is 0. The van der Waals surface area contributed by atoms with E-state index in [1.165, 1.54) is 23.1 Å². The normalized spacial score (nSPS) is 13.8. The number of aryl methyl sites for hydroxylation is 1. The van der Waals surface area contributed by atoms with Crippen molar-refractivity contribution in [1.82, 2.24) is 0 Å². The average molecular weight is 304 g/mol. The molecule has 0 aromatic heterocycles. The van der Waals surface area contributed by atoms with E-state index in [0.29, 0.717) is 21.8 Å². The summed E-state index contributed by atoms with van der Waals surface area (Å²) in [6.45, 7) is 1.97. The highest BCUT2D eigenvalue weighted by Gasteiger charge is 2.36. The van der Waals surface area contributed by atoms with Gasteiger partial charge in [0.2, 0.25) is 0 Å². The van der Waals surface area contributed by atoms with Gasteiger partial charge in [0.25, 0.3) is 11.7 Å². The fraction of sp³-hybridized carbons (Fsp3) is 0.125. The summed E-state index contributed by atoms with van der Waals surface area (Å²) in [6, 6.07) is 9.06. The van der Waals surface area contributed by atoms with Crippen LogP contribution in [0.5, 0.6) is 0 Å². The number of benzene rings is 2. The first-order valence-electron chi connectivity index (χ1n) is 6.38. The maximum Gasteiger partial charge on any atom is 0.299 e. The van der Waals surface area contributed by atoms with E-state index in [0.717, 1.165) is 5.56 Å². The maximum absolute atomic E-state index is 13.4. The minimum atomic E-state index is -0.615. The van der Waals surface area contributed by atoms with Crippen molar-refractivity contribution in [3.05, 3.63) is 63.9 Å². The molecule has 0 atom stereocenters. The Morgan fingerprint density at radius 2 is 1.90 bits per heavy atom. The molecule has 0 spiro atoms. The predicted molar refractivity (Wildman–Crippen MR) is 78.1 cm³/mol. The van der Waals surface area contributed by atoms with Crippen LogP contribution in [0.3, 0.4) is 0 Å². The van der Waals surface area contributed by atoms with Crippen LogP contribution < -0.4 is 4.90 Å². The first kappa shape index (κ1) is 13.8. The number of halogens is 2. The van der Waals surface area contributed by atoms with Gasteiger partial charge in [-0.25, -0.2) is 4.39 Å². The molecule has 0 fully saturated rings. The second-order valence-corrected chi connectivity index (χ2v) is 5.39. The molecule has 21 heavy (non-hydrogen) atoms. The zero-order chi connectivity index (χ0) is 15.1. The lowest BCUT2D eigenvalue weighted by atomic mass is 10.1. The molecular weight excluding hydrogens is 293 g/mol. The molecule has 0 bridgehead atoms. The van der Waals surface area contributed by atoms with Gasteiger partial charge in [-0.2, -0.15) is 0 Å². The number of ketones is 1. The third kappa shape index (κ3) is 2.32. The van der Waals surface area contributed by atoms with Crippen molar-refractivity contribution in [2.75, 3.05) is 4.90 Å². The van der Waals surface area contributed by atoms with Crippen LogP contribution in [-0.2, 0) is 11.3 Å². The van der Waals surface area contributed by atoms with E-state index in [-0.39, 0.29) is 12.4 Å². The van der Waals surface area contributed by atoms with E-state index in [9.17, 15) is 14.0 Å². The third-order valence-electron chi connectivity index (χ3n) is 3.57. The summed E-state index contributed by atoms with van der Waals surface area (Å²) in [5, 5.41) is 0.442. The van der Waals surface area contributed by atoms with Crippen LogP contribution in [0, 0.1) is 12.7 Å². The summed E-state index contributed by atoms with van der Waals surface area (Å²) >= 11 is 5.93. The van der Waals surface area contributed by atoms with E-state index in [4.69, 9.17) is 11.6 Å². The number of hydrogen-bond donors (Lipinski definition) is 0. The lowest BCUT2D eigenvalue weighted by molar-refractivity contribution is -0.114. The van der Waals surface area contributed by atoms with Gasteiger partial charge in [-0.3, -0.25) is 9.59 Å². The second-order valence-electron chi connectivity index (χ2n) is 4.95. The van der Waals surface area contributed by atoms with Gasteiger partial charge < -0.3 is 4.90 Å². The van der Waals surface area contributed by atoms with Crippen LogP contribution in [0.25, 0.3) is 0 Å². The Morgan fingerprint density at radius 1 is 1.14 bits per heavy atom. The largest absolute Gasteiger partial charge is 0.300 e. The molecule has 0 aliphatic carbocycles. The summed E-state index contributed by atoms with van der Waals surface area (Å²) in [6.07, 6.45) is 0. The highest BCUT2D eigenvalue weighted by Crippen LogP contribution is 2.33. The average Bonchev–Trinajstić information content (AvgIpc) is 2.67. The fourth-order valence-electron chi connectivity index (χ4n) is 2.41. The molecule has 5 heteroatoms. The lowest BCUT2D eigenvalue weighted by Gasteiger charge is -2.18. The highest BCUT2D eigenvalue weighted by molar-refractivity contribution is 6.52. The summed E-state index contributed by atoms with van der Waals surface area (Å²) in [4.78, 5) is 25.4. The minimum absolute atomic E-state index is 0.140. The topological polar surface area (TPSA) is 37.4 Å². The molecule has 1 aliphatic rings. The van der Waals surface area contributed by atoms with Crippen LogP contribution in [0.15, 0.2) is 36.4 Å². The number of rotatable bonds is 2. The molecule has 3 nitrogen and oxygen atoms in total. The Balaban J connectivity index is 2.04. The molecule has 1 amide bonds. The molecule has 0 saturated carbocycles. The Bertz CT molecular complexity index is 773. The van der Waals surface area contributed by atoms with E-state index in [2.05, 4.69) is 0 Å². The number of fused-ring (bicyclic) bond motifs is 1. The smallest absolute Gasteiger partial charge is 0.299 e. The van der Waals surface area contributed by atoms with Crippen molar-refractivity contribution in [2.24, 2.45) is 0 Å². The van der Waals surface area contributed by atoms with E-state index >= 15 is 0 Å². The van der Waals surface area contributed by atoms with Gasteiger partial charge in [0.1, 0.15) is 5.82 Å². The Hall–Kier alpha value is -2.20. The number of nitrogens with zero attached hydrogens (tertiary/aromatic N) is 1. The molecule has 1 aliphatic heterocycles. The first-order chi connectivity index (χ1) is 9.97. The SMILES string of the molecule is Cc1ccc(F)cc1CN1C(=O)C(=O)c2ccc(Cl)cc21. The molecule has 3 rings (SSSR count). The lowest BCUT2D eigenvalue weighted by Crippen LogP contribution is -2.29. The van der Waals surface area contributed by atoms with E-state index in [1.807, 2.05) is 6.92 Å². The van der Waals surface area contributed by atoms with Crippen molar-refractivity contribution in [2.45, 2.75) is 13.5 Å². The molecule has 0 saturated heterocycles. The van der Waals surface area contributed by atoms with E-state index < -0.39 is 11.7 Å².